The van der Waals surface area contributed by atoms with Gasteiger partial charge in [0.15, 0.2) is 0 Å². The molecule has 0 fully saturated rings. The van der Waals surface area contributed by atoms with Crippen LogP contribution in [0.2, 0.25) is 0 Å². The second kappa shape index (κ2) is 14.6. The molecule has 0 saturated heterocycles. The second-order valence-electron chi connectivity index (χ2n) is 4.76. The Morgan fingerprint density at radius 1 is 0.556 bits per heavy atom. The molecule has 144 valence electrons. The lowest BCUT2D eigenvalue weighted by molar-refractivity contribution is 0.868. The van der Waals surface area contributed by atoms with Crippen LogP contribution >= 0.6 is 0 Å². The lowest BCUT2D eigenvalue weighted by Crippen LogP contribution is -2.23. The topological polar surface area (TPSA) is 111 Å². The monoisotopic (exact) mass is 369 g/mol. The maximum Gasteiger partial charge on any atom is 0.230 e. The molecule has 0 unspecified atom stereocenters. The van der Waals surface area contributed by atoms with Crippen molar-refractivity contribution in [2.45, 2.75) is 0 Å². The number of rotatable bonds is 15. The molecule has 9 nitrogen and oxygen atoms in total. The maximum atomic E-state index is 4.33. The van der Waals surface area contributed by atoms with E-state index in [-0.39, 0.29) is 0 Å². The second-order valence-corrected chi connectivity index (χ2v) is 4.76. The van der Waals surface area contributed by atoms with Crippen LogP contribution in [0.5, 0.6) is 0 Å². The summed E-state index contributed by atoms with van der Waals surface area (Å²) in [6.07, 6.45) is 15.7. The molecule has 0 aliphatic carbocycles. The van der Waals surface area contributed by atoms with Gasteiger partial charge in [-0.25, -0.2) is 0 Å². The zero-order valence-electron chi connectivity index (χ0n) is 15.3. The molecule has 1 rings (SSSR count). The number of anilines is 3. The fourth-order valence-corrected chi connectivity index (χ4v) is 1.59. The van der Waals surface area contributed by atoms with Crippen molar-refractivity contribution in [3.8, 4) is 0 Å². The molecule has 6 N–H and O–H groups in total. The van der Waals surface area contributed by atoms with E-state index < -0.39 is 0 Å². The van der Waals surface area contributed by atoms with Crippen molar-refractivity contribution >= 4 is 17.8 Å². The Morgan fingerprint density at radius 3 is 1.11 bits per heavy atom. The van der Waals surface area contributed by atoms with Crippen LogP contribution in [0.4, 0.5) is 17.8 Å². The number of aromatic nitrogens is 3. The van der Waals surface area contributed by atoms with Gasteiger partial charge in [0.2, 0.25) is 17.8 Å². The van der Waals surface area contributed by atoms with Crippen molar-refractivity contribution in [3.05, 3.63) is 74.8 Å². The Labute approximate surface area is 160 Å². The molecule has 0 spiro atoms. The highest BCUT2D eigenvalue weighted by Crippen LogP contribution is 2.08. The van der Waals surface area contributed by atoms with Crippen LogP contribution in [-0.2, 0) is 0 Å². The smallest absolute Gasteiger partial charge is 0.230 e. The summed E-state index contributed by atoms with van der Waals surface area (Å²) in [5.41, 5.74) is 0. The highest BCUT2D eigenvalue weighted by atomic mass is 15.3. The van der Waals surface area contributed by atoms with Gasteiger partial charge in [-0.3, -0.25) is 0 Å². The van der Waals surface area contributed by atoms with Gasteiger partial charge in [0.1, 0.15) is 0 Å². The van der Waals surface area contributed by atoms with Gasteiger partial charge in [0, 0.05) is 0 Å². The minimum atomic E-state index is 0.428. The molecule has 27 heavy (non-hydrogen) atoms. The maximum absolute atomic E-state index is 4.33. The Balaban J connectivity index is 2.67. The quantitative estimate of drug-likeness (QED) is 0.157. The molecule has 0 amide bonds. The normalized spacial score (nSPS) is 10.7. The number of hydrogen-bond acceptors (Lipinski definition) is 9. The first kappa shape index (κ1) is 21.3. The van der Waals surface area contributed by atoms with E-state index in [1.54, 1.807) is 55.1 Å². The van der Waals surface area contributed by atoms with Gasteiger partial charge in [-0.1, -0.05) is 38.0 Å². The summed E-state index contributed by atoms with van der Waals surface area (Å²) >= 11 is 0. The van der Waals surface area contributed by atoms with Crippen LogP contribution in [0.3, 0.4) is 0 Å². The third-order valence-electron chi connectivity index (χ3n) is 2.73. The fraction of sp³-hybridized carbons (Fsp3) is 0.167. The molecular formula is C18H27N9. The van der Waals surface area contributed by atoms with Crippen LogP contribution in [0.15, 0.2) is 74.8 Å². The largest absolute Gasteiger partial charge is 0.374 e. The van der Waals surface area contributed by atoms with E-state index in [1.807, 2.05) is 0 Å². The molecule has 1 heterocycles. The highest BCUT2D eigenvalue weighted by Gasteiger charge is 2.05. The zero-order valence-corrected chi connectivity index (χ0v) is 15.3. The highest BCUT2D eigenvalue weighted by molar-refractivity contribution is 5.42. The molecule has 0 saturated carbocycles. The summed E-state index contributed by atoms with van der Waals surface area (Å²) in [7, 11) is 0. The number of nitrogens with one attached hydrogen (secondary N) is 6. The van der Waals surface area contributed by atoms with Crippen molar-refractivity contribution in [2.24, 2.45) is 0 Å². The lowest BCUT2D eigenvalue weighted by Gasteiger charge is -2.11. The Bertz CT molecular complexity index is 562. The lowest BCUT2D eigenvalue weighted by atomic mass is 10.6. The Kier molecular flexibility index (Phi) is 11.5. The molecule has 0 bridgehead atoms. The standard InChI is InChI=1S/C18H27N9/c1-4-7-10-19-13-22-16-25-17(23-14-20-11-8-5-2)27-18(26-16)24-15-21-12-9-6-3/h4-12,19-21H,1-3,13-15H2,(H3,22,23,24,25,26,27). The number of hydrogen-bond donors (Lipinski definition) is 6. The molecule has 0 radical (unpaired) electrons. The molecule has 0 aromatic carbocycles. The molecule has 9 heteroatoms. The molecule has 0 aliphatic rings. The third-order valence-corrected chi connectivity index (χ3v) is 2.73. The molecule has 1 aromatic rings. The van der Waals surface area contributed by atoms with Crippen LogP contribution in [0.1, 0.15) is 0 Å². The van der Waals surface area contributed by atoms with Gasteiger partial charge < -0.3 is 31.9 Å². The first-order chi connectivity index (χ1) is 13.3. The van der Waals surface area contributed by atoms with Gasteiger partial charge >= 0.3 is 0 Å². The average molecular weight is 369 g/mol. The number of nitrogens with zero attached hydrogens (tertiary/aromatic N) is 3. The molecule has 1 aromatic heterocycles. The van der Waals surface area contributed by atoms with E-state index in [1.165, 1.54) is 0 Å². The summed E-state index contributed by atoms with van der Waals surface area (Å²) in [6.45, 7) is 12.2. The SMILES string of the molecule is C=CC=CNCNc1nc(NCNC=CC=C)nc(NCNC=CC=C)n1. The van der Waals surface area contributed by atoms with Crippen molar-refractivity contribution in [2.75, 3.05) is 36.0 Å². The van der Waals surface area contributed by atoms with Crippen LogP contribution in [-0.4, -0.2) is 35.0 Å². The van der Waals surface area contributed by atoms with Gasteiger partial charge in [-0.15, -0.1) is 0 Å². The Hall–Kier alpha value is -3.75. The van der Waals surface area contributed by atoms with E-state index in [2.05, 4.69) is 66.6 Å². The van der Waals surface area contributed by atoms with Crippen molar-refractivity contribution in [1.29, 1.82) is 0 Å². The first-order valence-corrected chi connectivity index (χ1v) is 8.30. The van der Waals surface area contributed by atoms with E-state index in [0.717, 1.165) is 0 Å². The first-order valence-electron chi connectivity index (χ1n) is 8.30. The van der Waals surface area contributed by atoms with Crippen molar-refractivity contribution < 1.29 is 0 Å². The summed E-state index contributed by atoms with van der Waals surface area (Å²) in [6, 6.07) is 0. The van der Waals surface area contributed by atoms with E-state index in [0.29, 0.717) is 37.9 Å². The van der Waals surface area contributed by atoms with E-state index in [9.17, 15) is 0 Å². The molecule has 0 aliphatic heterocycles. The van der Waals surface area contributed by atoms with Crippen molar-refractivity contribution in [3.63, 3.8) is 0 Å². The van der Waals surface area contributed by atoms with Gasteiger partial charge in [0.25, 0.3) is 0 Å². The summed E-state index contributed by atoms with van der Waals surface area (Å²) in [4.78, 5) is 13.0. The van der Waals surface area contributed by atoms with Crippen LogP contribution in [0.25, 0.3) is 0 Å². The summed E-state index contributed by atoms with van der Waals surface area (Å²) in [5, 5.41) is 18.3. The summed E-state index contributed by atoms with van der Waals surface area (Å²) in [5.74, 6) is 1.29. The van der Waals surface area contributed by atoms with Crippen LogP contribution in [0, 0.1) is 0 Å². The van der Waals surface area contributed by atoms with Gasteiger partial charge in [0.05, 0.1) is 20.0 Å². The van der Waals surface area contributed by atoms with Crippen molar-refractivity contribution in [1.82, 2.24) is 30.9 Å². The van der Waals surface area contributed by atoms with E-state index in [4.69, 9.17) is 0 Å². The molecular weight excluding hydrogens is 342 g/mol. The number of allylic oxidation sites excluding steroid dienone is 6. The zero-order chi connectivity index (χ0) is 19.6. The minimum Gasteiger partial charge on any atom is -0.374 e. The summed E-state index contributed by atoms with van der Waals surface area (Å²) < 4.78 is 0. The van der Waals surface area contributed by atoms with Crippen LogP contribution < -0.4 is 31.9 Å². The fourth-order valence-electron chi connectivity index (χ4n) is 1.59. The predicted molar refractivity (Wildman–Crippen MR) is 113 cm³/mol. The molecule has 0 atom stereocenters. The minimum absolute atomic E-state index is 0.428. The van der Waals surface area contributed by atoms with Gasteiger partial charge in [-0.2, -0.15) is 15.0 Å². The average Bonchev–Trinajstić information content (AvgIpc) is 2.67. The predicted octanol–water partition coefficient (Wildman–Crippen LogP) is 1.85. The third kappa shape index (κ3) is 10.7. The van der Waals surface area contributed by atoms with Gasteiger partial charge in [-0.05, 0) is 36.8 Å². The Morgan fingerprint density at radius 2 is 0.852 bits per heavy atom. The van der Waals surface area contributed by atoms with E-state index >= 15 is 0 Å².